The molecule has 0 aliphatic rings. The zero-order valence-corrected chi connectivity index (χ0v) is 20.6. The largest absolute Gasteiger partial charge is 0.497 e. The number of halogens is 1. The molecule has 182 valence electrons. The van der Waals surface area contributed by atoms with Gasteiger partial charge in [-0.15, -0.1) is 11.3 Å². The van der Waals surface area contributed by atoms with Crippen LogP contribution >= 0.6 is 22.9 Å². The lowest BCUT2D eigenvalue weighted by molar-refractivity contribution is -0.138. The van der Waals surface area contributed by atoms with Crippen LogP contribution < -0.4 is 20.7 Å². The summed E-state index contributed by atoms with van der Waals surface area (Å²) >= 11 is 7.75. The summed E-state index contributed by atoms with van der Waals surface area (Å²) in [7, 11) is 1.54. The fraction of sp³-hybridized carbons (Fsp3) is 0.160. The molecule has 35 heavy (non-hydrogen) atoms. The molecular formula is C25H24ClN3O5S. The van der Waals surface area contributed by atoms with Gasteiger partial charge in [0.15, 0.2) is 0 Å². The third-order valence-corrected chi connectivity index (χ3v) is 6.27. The van der Waals surface area contributed by atoms with Crippen LogP contribution in [0, 0.1) is 0 Å². The normalized spacial score (nSPS) is 12.2. The van der Waals surface area contributed by atoms with Crippen LogP contribution in [0.5, 0.6) is 5.75 Å². The van der Waals surface area contributed by atoms with Crippen molar-refractivity contribution >= 4 is 52.1 Å². The topological polar surface area (TPSA) is 117 Å². The predicted octanol–water partition coefficient (Wildman–Crippen LogP) is 4.55. The first-order chi connectivity index (χ1) is 16.7. The van der Waals surface area contributed by atoms with Crippen LogP contribution in [0.4, 0.5) is 5.69 Å². The molecule has 2 amide bonds. The lowest BCUT2D eigenvalue weighted by Gasteiger charge is -2.21. The van der Waals surface area contributed by atoms with E-state index in [1.807, 2.05) is 17.5 Å². The van der Waals surface area contributed by atoms with Crippen LogP contribution in [0.15, 0.2) is 66.6 Å². The van der Waals surface area contributed by atoms with Crippen molar-refractivity contribution in [2.24, 2.45) is 0 Å². The Morgan fingerprint density at radius 3 is 2.49 bits per heavy atom. The van der Waals surface area contributed by atoms with Crippen LogP contribution in [0.25, 0.3) is 5.70 Å². The number of hydrogen-bond donors (Lipinski definition) is 4. The molecule has 3 rings (SSSR count). The van der Waals surface area contributed by atoms with Crippen LogP contribution in [-0.4, -0.2) is 36.0 Å². The van der Waals surface area contributed by atoms with Crippen molar-refractivity contribution in [2.75, 3.05) is 12.4 Å². The summed E-state index contributed by atoms with van der Waals surface area (Å²) in [5.41, 5.74) is 1.69. The Kier molecular flexibility index (Phi) is 8.51. The first-order valence-corrected chi connectivity index (χ1v) is 11.7. The van der Waals surface area contributed by atoms with Gasteiger partial charge in [-0.05, 0) is 54.3 Å². The average Bonchev–Trinajstić information content (AvgIpc) is 3.37. The number of nitrogens with one attached hydrogen (secondary N) is 3. The Bertz CT molecular complexity index is 1250. The van der Waals surface area contributed by atoms with Gasteiger partial charge in [0.1, 0.15) is 17.8 Å². The van der Waals surface area contributed by atoms with E-state index in [-0.39, 0.29) is 16.5 Å². The number of carboxylic acid groups (broad SMARTS) is 1. The molecule has 3 aromatic rings. The summed E-state index contributed by atoms with van der Waals surface area (Å²) in [5.74, 6) is -1.59. The van der Waals surface area contributed by atoms with E-state index in [2.05, 4.69) is 22.5 Å². The first kappa shape index (κ1) is 25.8. The van der Waals surface area contributed by atoms with Gasteiger partial charge in [0.25, 0.3) is 11.8 Å². The molecule has 4 N–H and O–H groups in total. The maximum Gasteiger partial charge on any atom is 0.325 e. The second-order valence-electron chi connectivity index (χ2n) is 7.53. The molecule has 0 aliphatic carbocycles. The van der Waals surface area contributed by atoms with Gasteiger partial charge >= 0.3 is 5.97 Å². The van der Waals surface area contributed by atoms with Gasteiger partial charge in [0.2, 0.25) is 0 Å². The van der Waals surface area contributed by atoms with Gasteiger partial charge in [-0.1, -0.05) is 36.4 Å². The van der Waals surface area contributed by atoms with Crippen molar-refractivity contribution in [2.45, 2.75) is 19.0 Å². The van der Waals surface area contributed by atoms with E-state index >= 15 is 0 Å². The lowest BCUT2D eigenvalue weighted by Crippen LogP contribution is -2.38. The SMILES string of the molecule is C=C(NC(C(=O)Nc1ccc(C(=O)N[C@@H](C)C(=O)O)c(Cl)c1)c1cccc(OC)c1)c1cccs1. The highest BCUT2D eigenvalue weighted by Gasteiger charge is 2.23. The summed E-state index contributed by atoms with van der Waals surface area (Å²) in [6.07, 6.45) is 0. The van der Waals surface area contributed by atoms with E-state index in [1.54, 1.807) is 31.4 Å². The summed E-state index contributed by atoms with van der Waals surface area (Å²) < 4.78 is 5.30. The van der Waals surface area contributed by atoms with Gasteiger partial charge < -0.3 is 25.8 Å². The van der Waals surface area contributed by atoms with E-state index in [9.17, 15) is 14.4 Å². The van der Waals surface area contributed by atoms with Gasteiger partial charge in [0.05, 0.1) is 17.7 Å². The number of methoxy groups -OCH3 is 1. The minimum absolute atomic E-state index is 0.0618. The number of ether oxygens (including phenoxy) is 1. The maximum atomic E-state index is 13.3. The number of anilines is 1. The molecule has 0 saturated heterocycles. The second-order valence-corrected chi connectivity index (χ2v) is 8.88. The molecule has 0 fully saturated rings. The first-order valence-electron chi connectivity index (χ1n) is 10.5. The highest BCUT2D eigenvalue weighted by atomic mass is 35.5. The molecule has 1 heterocycles. The molecule has 8 nitrogen and oxygen atoms in total. The summed E-state index contributed by atoms with van der Waals surface area (Å²) in [5, 5.41) is 19.3. The van der Waals surface area contributed by atoms with E-state index < -0.39 is 24.0 Å². The molecule has 0 radical (unpaired) electrons. The molecule has 2 atom stereocenters. The van der Waals surface area contributed by atoms with Crippen molar-refractivity contribution in [3.63, 3.8) is 0 Å². The molecule has 0 spiro atoms. The minimum Gasteiger partial charge on any atom is -0.497 e. The van der Waals surface area contributed by atoms with Crippen molar-refractivity contribution in [1.82, 2.24) is 10.6 Å². The van der Waals surface area contributed by atoms with Crippen molar-refractivity contribution in [3.8, 4) is 5.75 Å². The number of carbonyl (C=O) groups excluding carboxylic acids is 2. The van der Waals surface area contributed by atoms with Crippen molar-refractivity contribution in [3.05, 3.63) is 87.6 Å². The fourth-order valence-corrected chi connectivity index (χ4v) is 4.07. The zero-order chi connectivity index (χ0) is 25.5. The highest BCUT2D eigenvalue weighted by Crippen LogP contribution is 2.26. The molecule has 1 aromatic heterocycles. The molecule has 0 aliphatic heterocycles. The monoisotopic (exact) mass is 513 g/mol. The predicted molar refractivity (Wildman–Crippen MR) is 137 cm³/mol. The Balaban J connectivity index is 1.82. The molecule has 10 heteroatoms. The van der Waals surface area contributed by atoms with Gasteiger partial charge in [-0.2, -0.15) is 0 Å². The smallest absolute Gasteiger partial charge is 0.325 e. The van der Waals surface area contributed by atoms with E-state index in [1.165, 1.54) is 36.5 Å². The van der Waals surface area contributed by atoms with Crippen LogP contribution in [0.2, 0.25) is 5.02 Å². The third kappa shape index (κ3) is 6.62. The van der Waals surface area contributed by atoms with Gasteiger partial charge in [-0.3, -0.25) is 14.4 Å². The lowest BCUT2D eigenvalue weighted by atomic mass is 10.0. The molecule has 1 unspecified atom stereocenters. The van der Waals surface area contributed by atoms with E-state index in [0.717, 1.165) is 4.88 Å². The van der Waals surface area contributed by atoms with Crippen LogP contribution in [0.3, 0.4) is 0 Å². The standard InChI is InChI=1S/C25H24ClN3O5S/c1-14(21-8-5-11-35-21)27-22(16-6-4-7-18(12-16)34-3)24(31)29-17-9-10-19(20(26)13-17)23(30)28-15(2)25(32)33/h4-13,15,22,27H,1H2,2-3H3,(H,28,30)(H,29,31)(H,32,33)/t15-,22?/m0/s1. The quantitative estimate of drug-likeness (QED) is 0.316. The van der Waals surface area contributed by atoms with Gasteiger partial charge in [-0.25, -0.2) is 0 Å². The van der Waals surface area contributed by atoms with E-state index in [4.69, 9.17) is 21.4 Å². The van der Waals surface area contributed by atoms with Crippen LogP contribution in [0.1, 0.15) is 33.8 Å². The number of amides is 2. The number of benzene rings is 2. The van der Waals surface area contributed by atoms with Gasteiger partial charge in [0, 0.05) is 16.3 Å². The second kappa shape index (κ2) is 11.5. The fourth-order valence-electron chi connectivity index (χ4n) is 3.14. The summed E-state index contributed by atoms with van der Waals surface area (Å²) in [4.78, 5) is 37.5. The molecule has 2 aromatic carbocycles. The molecule has 0 saturated carbocycles. The number of thiophene rings is 1. The number of hydrogen-bond acceptors (Lipinski definition) is 6. The molecule has 0 bridgehead atoms. The Hall–Kier alpha value is -3.82. The van der Waals surface area contributed by atoms with Crippen LogP contribution in [-0.2, 0) is 9.59 Å². The maximum absolute atomic E-state index is 13.3. The minimum atomic E-state index is -1.17. The average molecular weight is 514 g/mol. The highest BCUT2D eigenvalue weighted by molar-refractivity contribution is 7.11. The number of carboxylic acids is 1. The van der Waals surface area contributed by atoms with Crippen molar-refractivity contribution in [1.29, 1.82) is 0 Å². The van der Waals surface area contributed by atoms with E-state index in [0.29, 0.717) is 22.7 Å². The number of aliphatic carboxylic acids is 1. The summed E-state index contributed by atoms with van der Waals surface area (Å²) in [6, 6.07) is 13.4. The number of carbonyl (C=O) groups is 3. The van der Waals surface area contributed by atoms with Crippen molar-refractivity contribution < 1.29 is 24.2 Å². The Labute approximate surface area is 211 Å². The third-order valence-electron chi connectivity index (χ3n) is 5.03. The Morgan fingerprint density at radius 1 is 1.09 bits per heavy atom. The zero-order valence-electron chi connectivity index (χ0n) is 19.0. The Morgan fingerprint density at radius 2 is 1.86 bits per heavy atom. The summed E-state index contributed by atoms with van der Waals surface area (Å²) in [6.45, 7) is 5.40. The molecular weight excluding hydrogens is 490 g/mol. The number of rotatable bonds is 10.